The second kappa shape index (κ2) is 2.60. The van der Waals surface area contributed by atoms with Crippen molar-refractivity contribution in [2.24, 2.45) is 0 Å². The molecule has 1 aliphatic rings. The van der Waals surface area contributed by atoms with Crippen LogP contribution in [0.2, 0.25) is 0 Å². The molecular weight excluding hydrogens is 194 g/mol. The maximum Gasteiger partial charge on any atom is 0.181 e. The molecule has 2 aromatic rings. The third kappa shape index (κ3) is 0.944. The monoisotopic (exact) mass is 205 g/mol. The molecule has 72 valence electrons. The summed E-state index contributed by atoms with van der Waals surface area (Å²) in [5.41, 5.74) is 16.1. The van der Waals surface area contributed by atoms with Gasteiger partial charge in [0.05, 0.1) is 10.4 Å². The molecule has 3 rings (SSSR count). The van der Waals surface area contributed by atoms with E-state index >= 15 is 0 Å². The van der Waals surface area contributed by atoms with Crippen molar-refractivity contribution in [1.82, 2.24) is 4.98 Å². The van der Waals surface area contributed by atoms with Crippen LogP contribution in [0, 0.1) is 0 Å². The molecule has 0 saturated carbocycles. The average molecular weight is 205 g/mol. The molecule has 0 aliphatic heterocycles. The topological polar surface area (TPSA) is 64.9 Å². The lowest BCUT2D eigenvalue weighted by Gasteiger charge is -2.02. The third-order valence-electron chi connectivity index (χ3n) is 2.78. The minimum Gasteiger partial charge on any atom is -0.397 e. The van der Waals surface area contributed by atoms with Crippen LogP contribution in [0.1, 0.15) is 17.5 Å². The summed E-state index contributed by atoms with van der Waals surface area (Å²) in [5, 5.41) is 0.618. The summed E-state index contributed by atoms with van der Waals surface area (Å²) in [7, 11) is 0. The van der Waals surface area contributed by atoms with E-state index < -0.39 is 0 Å². The molecule has 4 N–H and O–H groups in total. The van der Waals surface area contributed by atoms with Crippen molar-refractivity contribution < 1.29 is 0 Å². The van der Waals surface area contributed by atoms with Crippen LogP contribution in [0.25, 0.3) is 10.2 Å². The molecule has 1 heterocycles. The van der Waals surface area contributed by atoms with Gasteiger partial charge < -0.3 is 11.5 Å². The van der Waals surface area contributed by atoms with Gasteiger partial charge in [-0.15, -0.1) is 0 Å². The zero-order valence-electron chi connectivity index (χ0n) is 7.71. The van der Waals surface area contributed by atoms with Gasteiger partial charge >= 0.3 is 0 Å². The predicted octanol–water partition coefficient (Wildman–Crippen LogP) is 1.95. The number of nitrogens with two attached hydrogens (primary N) is 2. The predicted molar refractivity (Wildman–Crippen MR) is 60.5 cm³/mol. The summed E-state index contributed by atoms with van der Waals surface area (Å²) in [6, 6.07) is 2.06. The van der Waals surface area contributed by atoms with Crippen LogP contribution >= 0.6 is 11.3 Å². The minimum absolute atomic E-state index is 0.618. The molecule has 3 nitrogen and oxygen atoms in total. The first kappa shape index (κ1) is 8.05. The van der Waals surface area contributed by atoms with Gasteiger partial charge in [0.1, 0.15) is 5.52 Å². The lowest BCUT2D eigenvalue weighted by molar-refractivity contribution is 0.914. The van der Waals surface area contributed by atoms with E-state index in [0.717, 1.165) is 24.0 Å². The number of nitrogen functional groups attached to an aromatic ring is 2. The van der Waals surface area contributed by atoms with E-state index in [1.54, 1.807) is 11.3 Å². The van der Waals surface area contributed by atoms with Gasteiger partial charge in [-0.05, 0) is 36.5 Å². The Labute approximate surface area is 85.7 Å². The first-order valence-electron chi connectivity index (χ1n) is 4.72. The van der Waals surface area contributed by atoms with Crippen LogP contribution in [-0.4, -0.2) is 4.98 Å². The Bertz CT molecular complexity index is 516. The average Bonchev–Trinajstić information content (AvgIpc) is 2.69. The second-order valence-corrected chi connectivity index (χ2v) is 4.72. The fraction of sp³-hybridized carbons (Fsp3) is 0.300. The maximum atomic E-state index is 5.93. The summed E-state index contributed by atoms with van der Waals surface area (Å²) in [6.07, 6.45) is 3.52. The number of anilines is 2. The maximum absolute atomic E-state index is 5.93. The zero-order chi connectivity index (χ0) is 9.71. The van der Waals surface area contributed by atoms with Gasteiger partial charge in [0.2, 0.25) is 0 Å². The standard InChI is InChI=1S/C10H11N3S/c11-7-4-5-2-1-3-6(5)9-8(7)13-10(12)14-9/h4H,1-3,11H2,(H2,12,13). The van der Waals surface area contributed by atoms with Gasteiger partial charge in [0.15, 0.2) is 5.13 Å². The molecule has 1 aliphatic carbocycles. The summed E-state index contributed by atoms with van der Waals surface area (Å²) >= 11 is 1.56. The van der Waals surface area contributed by atoms with Crippen molar-refractivity contribution in [2.45, 2.75) is 19.3 Å². The number of hydrogen-bond donors (Lipinski definition) is 2. The fourth-order valence-corrected chi connectivity index (χ4v) is 3.14. The van der Waals surface area contributed by atoms with E-state index in [1.807, 2.05) is 0 Å². The van der Waals surface area contributed by atoms with Crippen LogP contribution < -0.4 is 11.5 Å². The number of rotatable bonds is 0. The van der Waals surface area contributed by atoms with E-state index in [9.17, 15) is 0 Å². The molecular formula is C10H11N3S. The van der Waals surface area contributed by atoms with Gasteiger partial charge in [-0.25, -0.2) is 4.98 Å². The van der Waals surface area contributed by atoms with Crippen molar-refractivity contribution in [3.05, 3.63) is 17.2 Å². The largest absolute Gasteiger partial charge is 0.397 e. The number of aromatic nitrogens is 1. The number of thiazole rings is 1. The van der Waals surface area contributed by atoms with E-state index in [1.165, 1.54) is 22.2 Å². The van der Waals surface area contributed by atoms with E-state index in [4.69, 9.17) is 11.5 Å². The zero-order valence-corrected chi connectivity index (χ0v) is 8.53. The number of nitrogens with zero attached hydrogens (tertiary/aromatic N) is 1. The molecule has 0 bridgehead atoms. The molecule has 0 radical (unpaired) electrons. The number of benzene rings is 1. The summed E-state index contributed by atoms with van der Waals surface area (Å²) in [4.78, 5) is 4.26. The van der Waals surface area contributed by atoms with Crippen molar-refractivity contribution in [3.8, 4) is 0 Å². The Balaban J connectivity index is 2.46. The third-order valence-corrected chi connectivity index (χ3v) is 3.73. The first-order chi connectivity index (χ1) is 6.75. The van der Waals surface area contributed by atoms with Gasteiger partial charge in [-0.1, -0.05) is 11.3 Å². The van der Waals surface area contributed by atoms with E-state index in [-0.39, 0.29) is 0 Å². The van der Waals surface area contributed by atoms with E-state index in [0.29, 0.717) is 5.13 Å². The highest BCUT2D eigenvalue weighted by atomic mass is 32.1. The van der Waals surface area contributed by atoms with Gasteiger partial charge in [-0.3, -0.25) is 0 Å². The van der Waals surface area contributed by atoms with Crippen LogP contribution in [0.15, 0.2) is 6.07 Å². The Morgan fingerprint density at radius 3 is 3.00 bits per heavy atom. The second-order valence-electron chi connectivity index (χ2n) is 3.69. The van der Waals surface area contributed by atoms with Crippen LogP contribution in [0.3, 0.4) is 0 Å². The molecule has 1 aromatic heterocycles. The highest BCUT2D eigenvalue weighted by Crippen LogP contribution is 2.37. The smallest absolute Gasteiger partial charge is 0.181 e. The molecule has 4 heteroatoms. The Hall–Kier alpha value is -1.29. The summed E-state index contributed by atoms with van der Waals surface area (Å²) in [5.74, 6) is 0. The summed E-state index contributed by atoms with van der Waals surface area (Å²) < 4.78 is 1.20. The van der Waals surface area contributed by atoms with Crippen LogP contribution in [0.4, 0.5) is 10.8 Å². The Morgan fingerprint density at radius 1 is 1.29 bits per heavy atom. The number of fused-ring (bicyclic) bond motifs is 3. The highest BCUT2D eigenvalue weighted by molar-refractivity contribution is 7.22. The molecule has 0 fully saturated rings. The van der Waals surface area contributed by atoms with Crippen molar-refractivity contribution in [3.63, 3.8) is 0 Å². The van der Waals surface area contributed by atoms with Gasteiger partial charge in [0.25, 0.3) is 0 Å². The fourth-order valence-electron chi connectivity index (χ4n) is 2.18. The normalized spacial score (nSPS) is 14.9. The van der Waals surface area contributed by atoms with Crippen molar-refractivity contribution in [1.29, 1.82) is 0 Å². The molecule has 14 heavy (non-hydrogen) atoms. The highest BCUT2D eigenvalue weighted by Gasteiger charge is 2.18. The molecule has 0 atom stereocenters. The molecule has 0 saturated heterocycles. The molecule has 0 unspecified atom stereocenters. The van der Waals surface area contributed by atoms with E-state index in [2.05, 4.69) is 11.1 Å². The SMILES string of the molecule is Nc1nc2c(N)cc3c(c2s1)CCC3. The molecule has 1 aromatic carbocycles. The quantitative estimate of drug-likeness (QED) is 0.646. The van der Waals surface area contributed by atoms with Gasteiger partial charge in [0, 0.05) is 0 Å². The summed E-state index contributed by atoms with van der Waals surface area (Å²) in [6.45, 7) is 0. The Morgan fingerprint density at radius 2 is 2.14 bits per heavy atom. The van der Waals surface area contributed by atoms with Crippen molar-refractivity contribution >= 4 is 32.4 Å². The minimum atomic E-state index is 0.618. The number of aryl methyl sites for hydroxylation is 2. The van der Waals surface area contributed by atoms with Gasteiger partial charge in [-0.2, -0.15) is 0 Å². The van der Waals surface area contributed by atoms with Crippen LogP contribution in [-0.2, 0) is 12.8 Å². The van der Waals surface area contributed by atoms with Crippen LogP contribution in [0.5, 0.6) is 0 Å². The number of hydrogen-bond acceptors (Lipinski definition) is 4. The molecule has 0 spiro atoms. The lowest BCUT2D eigenvalue weighted by Crippen LogP contribution is -1.91. The first-order valence-corrected chi connectivity index (χ1v) is 5.53. The molecule has 0 amide bonds. The Kier molecular flexibility index (Phi) is 1.50. The lowest BCUT2D eigenvalue weighted by atomic mass is 10.1. The van der Waals surface area contributed by atoms with Crippen molar-refractivity contribution in [2.75, 3.05) is 11.5 Å².